The second kappa shape index (κ2) is 11.1. The van der Waals surface area contributed by atoms with Crippen molar-refractivity contribution in [2.45, 2.75) is 24.8 Å². The number of benzene rings is 3. The summed E-state index contributed by atoms with van der Waals surface area (Å²) in [5, 5.41) is 18.0. The summed E-state index contributed by atoms with van der Waals surface area (Å²) in [5.41, 5.74) is 6.13. The molecule has 0 aliphatic carbocycles. The Kier molecular flexibility index (Phi) is 7.96. The van der Waals surface area contributed by atoms with Crippen molar-refractivity contribution in [1.82, 2.24) is 10.2 Å². The third kappa shape index (κ3) is 6.34. The number of Topliss-reactive ketones (excluding diaryl/α,β-unsaturated/α-hetero) is 1. The maximum atomic E-state index is 12.7. The summed E-state index contributed by atoms with van der Waals surface area (Å²) >= 11 is 14.3. The number of hydrogen-bond acceptors (Lipinski definition) is 4. The van der Waals surface area contributed by atoms with Crippen LogP contribution in [-0.4, -0.2) is 32.8 Å². The van der Waals surface area contributed by atoms with Crippen LogP contribution in [0.4, 0.5) is 0 Å². The molecule has 0 radical (unpaired) electrons. The number of carbonyl (C=O) groups excluding carboxylic acids is 1. The van der Waals surface area contributed by atoms with Gasteiger partial charge in [0.1, 0.15) is 5.78 Å². The molecule has 35 heavy (non-hydrogen) atoms. The fraction of sp³-hybridized carbons (Fsp3) is 0.148. The molecule has 4 rings (SSSR count). The van der Waals surface area contributed by atoms with Crippen LogP contribution in [0.5, 0.6) is 0 Å². The summed E-state index contributed by atoms with van der Waals surface area (Å²) in [6, 6.07) is 18.8. The van der Waals surface area contributed by atoms with E-state index >= 15 is 0 Å². The summed E-state index contributed by atoms with van der Waals surface area (Å²) in [5.74, 6) is -0.559. The van der Waals surface area contributed by atoms with E-state index in [0.717, 1.165) is 44.0 Å². The largest absolute Gasteiger partial charge is 0.481 e. The van der Waals surface area contributed by atoms with Gasteiger partial charge in [-0.2, -0.15) is 5.10 Å². The van der Waals surface area contributed by atoms with Crippen molar-refractivity contribution in [2.75, 3.05) is 5.75 Å². The van der Waals surface area contributed by atoms with Crippen LogP contribution in [-0.2, 0) is 22.4 Å². The standard InChI is InChI=1S/C27H22Cl2N2O3S/c1-16-2-9-22(25(29)10-16)23-14-30-31-27(23)35-15-21(32)12-20-8-7-19(13-24(20)28)18-5-3-17(4-6-18)11-26(33)34/h2-10,13-14H,11-12,15H2,1H3,(H,30,31)(H,33,34). The average molecular weight is 525 g/mol. The van der Waals surface area contributed by atoms with Crippen LogP contribution in [0.25, 0.3) is 22.3 Å². The predicted molar refractivity (Wildman–Crippen MR) is 141 cm³/mol. The second-order valence-corrected chi connectivity index (χ2v) is 9.97. The lowest BCUT2D eigenvalue weighted by atomic mass is 10.0. The Morgan fingerprint density at radius 3 is 2.34 bits per heavy atom. The van der Waals surface area contributed by atoms with Gasteiger partial charge in [0, 0.05) is 27.6 Å². The number of nitrogens with zero attached hydrogens (tertiary/aromatic N) is 1. The number of H-pyrrole nitrogens is 1. The van der Waals surface area contributed by atoms with Gasteiger partial charge in [-0.05, 0) is 46.9 Å². The maximum Gasteiger partial charge on any atom is 0.307 e. The number of rotatable bonds is 9. The van der Waals surface area contributed by atoms with Crippen molar-refractivity contribution >= 4 is 46.7 Å². The Morgan fingerprint density at radius 2 is 1.66 bits per heavy atom. The number of aliphatic carboxylic acids is 1. The number of halogens is 2. The number of ketones is 1. The van der Waals surface area contributed by atoms with Gasteiger partial charge in [-0.25, -0.2) is 0 Å². The molecule has 0 atom stereocenters. The lowest BCUT2D eigenvalue weighted by molar-refractivity contribution is -0.136. The first kappa shape index (κ1) is 25.0. The third-order valence-electron chi connectivity index (χ3n) is 5.48. The molecule has 0 unspecified atom stereocenters. The van der Waals surface area contributed by atoms with Gasteiger partial charge in [-0.15, -0.1) is 0 Å². The Morgan fingerprint density at radius 1 is 0.914 bits per heavy atom. The maximum absolute atomic E-state index is 12.7. The highest BCUT2D eigenvalue weighted by Gasteiger charge is 2.15. The van der Waals surface area contributed by atoms with E-state index in [0.29, 0.717) is 10.0 Å². The van der Waals surface area contributed by atoms with E-state index in [4.69, 9.17) is 28.3 Å². The molecule has 1 heterocycles. The zero-order valence-corrected chi connectivity index (χ0v) is 21.2. The molecule has 0 bridgehead atoms. The van der Waals surface area contributed by atoms with Gasteiger partial charge in [0.05, 0.1) is 23.4 Å². The number of aryl methyl sites for hydroxylation is 1. The Labute approximate surface area is 217 Å². The van der Waals surface area contributed by atoms with E-state index in [1.54, 1.807) is 18.3 Å². The SMILES string of the molecule is Cc1ccc(-c2cn[nH]c2SCC(=O)Cc2ccc(-c3ccc(CC(=O)O)cc3)cc2Cl)c(Cl)c1. The van der Waals surface area contributed by atoms with Crippen molar-refractivity contribution in [3.63, 3.8) is 0 Å². The van der Waals surface area contributed by atoms with E-state index in [1.165, 1.54) is 11.8 Å². The molecule has 3 aromatic carbocycles. The minimum absolute atomic E-state index is 0.0157. The Hall–Kier alpha value is -3.06. The fourth-order valence-corrected chi connectivity index (χ4v) is 5.12. The predicted octanol–water partition coefficient (Wildman–Crippen LogP) is 6.89. The van der Waals surface area contributed by atoms with Crippen molar-refractivity contribution in [3.05, 3.63) is 93.6 Å². The molecule has 0 saturated heterocycles. The number of hydrogen-bond donors (Lipinski definition) is 2. The zero-order valence-electron chi connectivity index (χ0n) is 18.8. The van der Waals surface area contributed by atoms with Gasteiger partial charge < -0.3 is 5.11 Å². The molecule has 4 aromatic rings. The molecular formula is C27H22Cl2N2O3S. The van der Waals surface area contributed by atoms with Crippen molar-refractivity contribution in [3.8, 4) is 22.3 Å². The molecule has 178 valence electrons. The van der Waals surface area contributed by atoms with Gasteiger partial charge in [0.15, 0.2) is 0 Å². The first-order valence-electron chi connectivity index (χ1n) is 10.8. The molecule has 5 nitrogen and oxygen atoms in total. The lowest BCUT2D eigenvalue weighted by Gasteiger charge is -2.09. The molecule has 1 aromatic heterocycles. The van der Waals surface area contributed by atoms with Crippen molar-refractivity contribution < 1.29 is 14.7 Å². The summed E-state index contributed by atoms with van der Waals surface area (Å²) in [6.45, 7) is 1.98. The average Bonchev–Trinajstić information content (AvgIpc) is 3.27. The van der Waals surface area contributed by atoms with Gasteiger partial charge in [0.25, 0.3) is 0 Å². The summed E-state index contributed by atoms with van der Waals surface area (Å²) in [6.07, 6.45) is 1.92. The highest BCUT2D eigenvalue weighted by molar-refractivity contribution is 8.00. The normalized spacial score (nSPS) is 10.9. The topological polar surface area (TPSA) is 83.0 Å². The highest BCUT2D eigenvalue weighted by Crippen LogP contribution is 2.35. The van der Waals surface area contributed by atoms with E-state index in [9.17, 15) is 9.59 Å². The summed E-state index contributed by atoms with van der Waals surface area (Å²) in [7, 11) is 0. The molecular weight excluding hydrogens is 503 g/mol. The molecule has 0 saturated carbocycles. The van der Waals surface area contributed by atoms with Crippen LogP contribution in [0, 0.1) is 6.92 Å². The smallest absolute Gasteiger partial charge is 0.307 e. The number of nitrogens with one attached hydrogen (secondary N) is 1. The molecule has 2 N–H and O–H groups in total. The van der Waals surface area contributed by atoms with E-state index in [-0.39, 0.29) is 24.4 Å². The first-order chi connectivity index (χ1) is 16.8. The zero-order chi connectivity index (χ0) is 24.9. The van der Waals surface area contributed by atoms with Gasteiger partial charge in [0.2, 0.25) is 0 Å². The summed E-state index contributed by atoms with van der Waals surface area (Å²) < 4.78 is 0. The van der Waals surface area contributed by atoms with Gasteiger partial charge >= 0.3 is 5.97 Å². The molecule has 0 aliphatic heterocycles. The van der Waals surface area contributed by atoms with Crippen LogP contribution >= 0.6 is 35.0 Å². The van der Waals surface area contributed by atoms with Gasteiger partial charge in [-0.1, -0.05) is 83.5 Å². The first-order valence-corrected chi connectivity index (χ1v) is 12.6. The third-order valence-corrected chi connectivity index (χ3v) is 7.21. The minimum Gasteiger partial charge on any atom is -0.481 e. The van der Waals surface area contributed by atoms with Crippen LogP contribution in [0.3, 0.4) is 0 Å². The number of carboxylic acids is 1. The number of thioether (sulfide) groups is 1. The number of carbonyl (C=O) groups is 2. The van der Waals surface area contributed by atoms with Crippen LogP contribution in [0.1, 0.15) is 16.7 Å². The number of aromatic nitrogens is 2. The van der Waals surface area contributed by atoms with Crippen molar-refractivity contribution in [1.29, 1.82) is 0 Å². The molecule has 0 amide bonds. The van der Waals surface area contributed by atoms with Crippen LogP contribution in [0.2, 0.25) is 10.0 Å². The Bertz CT molecular complexity index is 1380. The van der Waals surface area contributed by atoms with Crippen LogP contribution < -0.4 is 0 Å². The molecule has 0 fully saturated rings. The van der Waals surface area contributed by atoms with Crippen molar-refractivity contribution in [2.24, 2.45) is 0 Å². The quantitative estimate of drug-likeness (QED) is 0.233. The second-order valence-electron chi connectivity index (χ2n) is 8.17. The van der Waals surface area contributed by atoms with Crippen LogP contribution in [0.15, 0.2) is 71.9 Å². The highest BCUT2D eigenvalue weighted by atomic mass is 35.5. The van der Waals surface area contributed by atoms with E-state index < -0.39 is 5.97 Å². The van der Waals surface area contributed by atoms with E-state index in [2.05, 4.69) is 10.2 Å². The summed E-state index contributed by atoms with van der Waals surface area (Å²) in [4.78, 5) is 23.6. The molecule has 0 aliphatic rings. The number of carboxylic acid groups (broad SMARTS) is 1. The van der Waals surface area contributed by atoms with Gasteiger partial charge in [-0.3, -0.25) is 14.7 Å². The Balaban J connectivity index is 1.40. The lowest BCUT2D eigenvalue weighted by Crippen LogP contribution is -2.06. The monoisotopic (exact) mass is 524 g/mol. The van der Waals surface area contributed by atoms with E-state index in [1.807, 2.05) is 55.5 Å². The number of aromatic amines is 1. The molecule has 0 spiro atoms. The minimum atomic E-state index is -0.865. The fourth-order valence-electron chi connectivity index (χ4n) is 3.69. The molecule has 8 heteroatoms.